The Bertz CT molecular complexity index is 590. The summed E-state index contributed by atoms with van der Waals surface area (Å²) in [5, 5.41) is 6.96. The van der Waals surface area contributed by atoms with Crippen molar-refractivity contribution in [3.8, 4) is 0 Å². The Labute approximate surface area is 178 Å². The van der Waals surface area contributed by atoms with E-state index in [4.69, 9.17) is 9.73 Å². The van der Waals surface area contributed by atoms with E-state index in [2.05, 4.69) is 53.7 Å². The fourth-order valence-electron chi connectivity index (χ4n) is 3.33. The number of thiophene rings is 1. The van der Waals surface area contributed by atoms with Gasteiger partial charge in [-0.15, -0.1) is 35.3 Å². The molecule has 0 spiro atoms. The lowest BCUT2D eigenvalue weighted by atomic mass is 10.2. The van der Waals surface area contributed by atoms with E-state index in [-0.39, 0.29) is 24.0 Å². The van der Waals surface area contributed by atoms with E-state index in [1.807, 2.05) is 11.3 Å². The lowest BCUT2D eigenvalue weighted by Gasteiger charge is -2.33. The molecule has 0 saturated carbocycles. The molecule has 0 radical (unpaired) electrons. The highest BCUT2D eigenvalue weighted by Gasteiger charge is 2.24. The van der Waals surface area contributed by atoms with Crippen molar-refractivity contribution in [2.75, 3.05) is 39.4 Å². The molecule has 2 aliphatic rings. The highest BCUT2D eigenvalue weighted by molar-refractivity contribution is 14.0. The number of morpholine rings is 1. The summed E-state index contributed by atoms with van der Waals surface area (Å²) >= 11 is 1.88. The fraction of sp³-hybridized carbons (Fsp3) is 0.632. The standard InChI is InChI=1S/C19H30N4OS.HI/c1-3-20-19(22-16-6-4-5-7-16)21-14-17(18-9-8-15(2)25-18)23-10-12-24-13-11-23;/h4-5,8-9,16-17H,3,6-7,10-14H2,1-2H3,(H2,20,21,22);1H. The Hall–Kier alpha value is -0.640. The molecule has 1 saturated heterocycles. The second-order valence-electron chi connectivity index (χ2n) is 6.62. The Kier molecular flexibility index (Phi) is 9.38. The molecule has 2 N–H and O–H groups in total. The zero-order chi connectivity index (χ0) is 17.5. The van der Waals surface area contributed by atoms with Gasteiger partial charge in [-0.2, -0.15) is 0 Å². The molecule has 1 aromatic rings. The average molecular weight is 490 g/mol. The van der Waals surface area contributed by atoms with E-state index in [0.29, 0.717) is 12.1 Å². The number of ether oxygens (including phenoxy) is 1. The summed E-state index contributed by atoms with van der Waals surface area (Å²) in [5.41, 5.74) is 0. The van der Waals surface area contributed by atoms with Crippen LogP contribution in [0.3, 0.4) is 0 Å². The topological polar surface area (TPSA) is 48.9 Å². The first-order valence-electron chi connectivity index (χ1n) is 9.34. The highest BCUT2D eigenvalue weighted by Crippen LogP contribution is 2.28. The van der Waals surface area contributed by atoms with Gasteiger partial charge in [-0.3, -0.25) is 9.89 Å². The molecule has 1 aromatic heterocycles. The van der Waals surface area contributed by atoms with E-state index < -0.39 is 0 Å². The van der Waals surface area contributed by atoms with Crippen molar-refractivity contribution < 1.29 is 4.74 Å². The van der Waals surface area contributed by atoms with Crippen molar-refractivity contribution in [3.63, 3.8) is 0 Å². The minimum atomic E-state index is 0. The largest absolute Gasteiger partial charge is 0.379 e. The molecule has 1 aliphatic heterocycles. The van der Waals surface area contributed by atoms with Gasteiger partial charge >= 0.3 is 0 Å². The number of nitrogens with zero attached hydrogens (tertiary/aromatic N) is 2. The number of nitrogens with one attached hydrogen (secondary N) is 2. The second-order valence-corrected chi connectivity index (χ2v) is 7.94. The normalized spacial score (nSPS) is 20.0. The third-order valence-corrected chi connectivity index (χ3v) is 5.79. The number of halogens is 1. The monoisotopic (exact) mass is 490 g/mol. The summed E-state index contributed by atoms with van der Waals surface area (Å²) < 4.78 is 5.54. The van der Waals surface area contributed by atoms with Gasteiger partial charge in [-0.1, -0.05) is 12.2 Å². The first-order valence-corrected chi connectivity index (χ1v) is 10.2. The lowest BCUT2D eigenvalue weighted by molar-refractivity contribution is 0.0186. The van der Waals surface area contributed by atoms with Crippen LogP contribution in [-0.2, 0) is 4.74 Å². The van der Waals surface area contributed by atoms with Crippen molar-refractivity contribution in [2.24, 2.45) is 4.99 Å². The number of guanidine groups is 1. The van der Waals surface area contributed by atoms with Crippen molar-refractivity contribution in [2.45, 2.75) is 38.8 Å². The quantitative estimate of drug-likeness (QED) is 0.278. The zero-order valence-electron chi connectivity index (χ0n) is 15.7. The number of rotatable bonds is 6. The fourth-order valence-corrected chi connectivity index (χ4v) is 4.34. The summed E-state index contributed by atoms with van der Waals surface area (Å²) in [5.74, 6) is 0.933. The van der Waals surface area contributed by atoms with Crippen LogP contribution in [0, 0.1) is 6.92 Å². The minimum absolute atomic E-state index is 0. The smallest absolute Gasteiger partial charge is 0.191 e. The summed E-state index contributed by atoms with van der Waals surface area (Å²) in [4.78, 5) is 10.2. The van der Waals surface area contributed by atoms with E-state index in [1.54, 1.807) is 0 Å². The minimum Gasteiger partial charge on any atom is -0.379 e. The number of hydrogen-bond donors (Lipinski definition) is 2. The molecular weight excluding hydrogens is 459 g/mol. The predicted octanol–water partition coefficient (Wildman–Crippen LogP) is 3.32. The van der Waals surface area contributed by atoms with E-state index >= 15 is 0 Å². The second kappa shape index (κ2) is 11.3. The number of aryl methyl sites for hydroxylation is 1. The van der Waals surface area contributed by atoms with Crippen LogP contribution in [0.5, 0.6) is 0 Å². The van der Waals surface area contributed by atoms with Gasteiger partial charge < -0.3 is 15.4 Å². The van der Waals surface area contributed by atoms with Gasteiger partial charge in [0, 0.05) is 35.4 Å². The molecule has 26 heavy (non-hydrogen) atoms. The molecule has 2 heterocycles. The van der Waals surface area contributed by atoms with Crippen LogP contribution < -0.4 is 10.6 Å². The Morgan fingerprint density at radius 3 is 2.65 bits per heavy atom. The van der Waals surface area contributed by atoms with Gasteiger partial charge in [0.25, 0.3) is 0 Å². The van der Waals surface area contributed by atoms with Crippen LogP contribution in [0.25, 0.3) is 0 Å². The van der Waals surface area contributed by atoms with E-state index in [0.717, 1.165) is 58.2 Å². The van der Waals surface area contributed by atoms with Gasteiger partial charge in [0.2, 0.25) is 0 Å². The third-order valence-electron chi connectivity index (χ3n) is 4.69. The van der Waals surface area contributed by atoms with Gasteiger partial charge in [0.1, 0.15) is 0 Å². The van der Waals surface area contributed by atoms with Crippen molar-refractivity contribution in [1.82, 2.24) is 15.5 Å². The van der Waals surface area contributed by atoms with Crippen LogP contribution in [0.2, 0.25) is 0 Å². The van der Waals surface area contributed by atoms with Crippen molar-refractivity contribution in [3.05, 3.63) is 34.0 Å². The third kappa shape index (κ3) is 6.21. The maximum absolute atomic E-state index is 5.54. The van der Waals surface area contributed by atoms with Gasteiger partial charge in [0.05, 0.1) is 25.8 Å². The molecule has 1 atom stereocenters. The van der Waals surface area contributed by atoms with Crippen LogP contribution in [-0.4, -0.2) is 56.3 Å². The molecule has 1 fully saturated rings. The molecule has 0 aromatic carbocycles. The molecule has 146 valence electrons. The molecule has 0 bridgehead atoms. The average Bonchev–Trinajstić information content (AvgIpc) is 3.28. The SMILES string of the molecule is CCNC(=NCC(c1ccc(C)s1)N1CCOCC1)NC1CC=CC1.I. The molecule has 3 rings (SSSR count). The van der Waals surface area contributed by atoms with Gasteiger partial charge in [0.15, 0.2) is 5.96 Å². The maximum atomic E-state index is 5.54. The molecule has 1 aliphatic carbocycles. The van der Waals surface area contributed by atoms with Gasteiger partial charge in [-0.25, -0.2) is 0 Å². The van der Waals surface area contributed by atoms with Crippen LogP contribution in [0.1, 0.15) is 35.6 Å². The highest BCUT2D eigenvalue weighted by atomic mass is 127. The first-order chi connectivity index (χ1) is 12.3. The summed E-state index contributed by atoms with van der Waals surface area (Å²) in [6, 6.07) is 5.28. The summed E-state index contributed by atoms with van der Waals surface area (Å²) in [7, 11) is 0. The Morgan fingerprint density at radius 2 is 2.04 bits per heavy atom. The first kappa shape index (κ1) is 21.7. The molecule has 1 unspecified atom stereocenters. The predicted molar refractivity (Wildman–Crippen MR) is 121 cm³/mol. The maximum Gasteiger partial charge on any atom is 0.191 e. The van der Waals surface area contributed by atoms with E-state index in [1.165, 1.54) is 9.75 Å². The number of hydrogen-bond acceptors (Lipinski definition) is 4. The summed E-state index contributed by atoms with van der Waals surface area (Å²) in [6.45, 7) is 9.54. The summed E-state index contributed by atoms with van der Waals surface area (Å²) in [6.07, 6.45) is 6.65. The molecule has 7 heteroatoms. The van der Waals surface area contributed by atoms with E-state index in [9.17, 15) is 0 Å². The van der Waals surface area contributed by atoms with Crippen molar-refractivity contribution >= 4 is 41.3 Å². The van der Waals surface area contributed by atoms with Crippen molar-refractivity contribution in [1.29, 1.82) is 0 Å². The van der Waals surface area contributed by atoms with Crippen LogP contribution in [0.4, 0.5) is 0 Å². The van der Waals surface area contributed by atoms with Crippen LogP contribution >= 0.6 is 35.3 Å². The number of aliphatic imine (C=N–C) groups is 1. The molecular formula is C19H31IN4OS. The Morgan fingerprint density at radius 1 is 1.31 bits per heavy atom. The molecule has 0 amide bonds. The Balaban J connectivity index is 0.00000243. The zero-order valence-corrected chi connectivity index (χ0v) is 18.9. The van der Waals surface area contributed by atoms with Gasteiger partial charge in [-0.05, 0) is 38.8 Å². The molecule has 5 nitrogen and oxygen atoms in total. The lowest BCUT2D eigenvalue weighted by Crippen LogP contribution is -2.44. The van der Waals surface area contributed by atoms with Crippen LogP contribution in [0.15, 0.2) is 29.3 Å².